The summed E-state index contributed by atoms with van der Waals surface area (Å²) in [6, 6.07) is 7.93. The second-order valence-corrected chi connectivity index (χ2v) is 5.93. The van der Waals surface area contributed by atoms with Crippen LogP contribution in [0.25, 0.3) is 10.9 Å². The Kier molecular flexibility index (Phi) is 2.10. The molecular weight excluding hydrogens is 242 g/mol. The van der Waals surface area contributed by atoms with Gasteiger partial charge in [0.25, 0.3) is 0 Å². The lowest BCUT2D eigenvalue weighted by atomic mass is 9.59. The van der Waals surface area contributed by atoms with Crippen molar-refractivity contribution in [3.05, 3.63) is 35.5 Å². The second kappa shape index (κ2) is 3.61. The Morgan fingerprint density at radius 2 is 2.11 bits per heavy atom. The molecule has 98 valence electrons. The molecule has 1 saturated carbocycles. The van der Waals surface area contributed by atoms with Crippen LogP contribution in [0, 0.1) is 5.41 Å². The van der Waals surface area contributed by atoms with Crippen molar-refractivity contribution in [2.45, 2.75) is 18.8 Å². The van der Waals surface area contributed by atoms with Crippen molar-refractivity contribution in [1.29, 1.82) is 0 Å². The number of fused-ring (bicyclic) bond motifs is 1. The molecule has 1 aliphatic carbocycles. The van der Waals surface area contributed by atoms with Gasteiger partial charge >= 0.3 is 5.97 Å². The van der Waals surface area contributed by atoms with Gasteiger partial charge in [0.2, 0.25) is 0 Å². The van der Waals surface area contributed by atoms with Gasteiger partial charge in [0.15, 0.2) is 0 Å². The molecule has 4 nitrogen and oxygen atoms in total. The molecule has 1 spiro atoms. The summed E-state index contributed by atoms with van der Waals surface area (Å²) < 4.78 is 5.29. The van der Waals surface area contributed by atoms with Gasteiger partial charge in [0.1, 0.15) is 5.69 Å². The van der Waals surface area contributed by atoms with Gasteiger partial charge in [-0.15, -0.1) is 0 Å². The number of carboxylic acids is 1. The van der Waals surface area contributed by atoms with E-state index in [2.05, 4.69) is 17.1 Å². The molecule has 1 aliphatic heterocycles. The minimum atomic E-state index is -0.910. The third kappa shape index (κ3) is 1.60. The first-order valence-corrected chi connectivity index (χ1v) is 6.59. The highest BCUT2D eigenvalue weighted by Gasteiger charge is 2.49. The zero-order valence-corrected chi connectivity index (χ0v) is 10.5. The van der Waals surface area contributed by atoms with E-state index in [1.807, 2.05) is 6.07 Å². The van der Waals surface area contributed by atoms with E-state index in [4.69, 9.17) is 9.84 Å². The predicted molar refractivity (Wildman–Crippen MR) is 70.5 cm³/mol. The maximum absolute atomic E-state index is 10.9. The summed E-state index contributed by atoms with van der Waals surface area (Å²) in [4.78, 5) is 13.9. The number of benzene rings is 1. The first-order valence-electron chi connectivity index (χ1n) is 6.59. The lowest BCUT2D eigenvalue weighted by molar-refractivity contribution is -0.164. The molecule has 19 heavy (non-hydrogen) atoms. The Morgan fingerprint density at radius 1 is 1.32 bits per heavy atom. The smallest absolute Gasteiger partial charge is 0.352 e. The quantitative estimate of drug-likeness (QED) is 0.869. The molecule has 2 aliphatic rings. The molecule has 4 heteroatoms. The van der Waals surface area contributed by atoms with Crippen LogP contribution in [-0.4, -0.2) is 29.3 Å². The Bertz CT molecular complexity index is 661. The number of hydrogen-bond donors (Lipinski definition) is 2. The number of carboxylic acid groups (broad SMARTS) is 1. The van der Waals surface area contributed by atoms with E-state index in [1.54, 1.807) is 6.07 Å². The highest BCUT2D eigenvalue weighted by Crippen LogP contribution is 2.55. The van der Waals surface area contributed by atoms with Crippen LogP contribution in [0.3, 0.4) is 0 Å². The molecule has 2 fully saturated rings. The topological polar surface area (TPSA) is 62.3 Å². The Hall–Kier alpha value is -1.81. The van der Waals surface area contributed by atoms with Gasteiger partial charge in [0, 0.05) is 16.3 Å². The van der Waals surface area contributed by atoms with Gasteiger partial charge in [-0.2, -0.15) is 0 Å². The number of ether oxygens (including phenoxy) is 1. The summed E-state index contributed by atoms with van der Waals surface area (Å²) in [6.07, 6.45) is 2.41. The summed E-state index contributed by atoms with van der Waals surface area (Å²) in [5.41, 5.74) is 2.93. The lowest BCUT2D eigenvalue weighted by Gasteiger charge is -2.53. The maximum atomic E-state index is 10.9. The summed E-state index contributed by atoms with van der Waals surface area (Å²) in [6.45, 7) is 1.83. The van der Waals surface area contributed by atoms with Crippen LogP contribution < -0.4 is 0 Å². The minimum absolute atomic E-state index is 0.254. The average Bonchev–Trinajstić information content (AvgIpc) is 2.68. The standard InChI is InChI=1S/C15H15NO3/c17-14(18)13-4-10-3-9(1-2-12(10)16-13)11-5-15(6-11)7-19-8-15/h1-4,11,16H,5-8H2,(H,17,18). The lowest BCUT2D eigenvalue weighted by Crippen LogP contribution is -2.51. The number of carbonyl (C=O) groups is 1. The molecule has 0 atom stereocenters. The van der Waals surface area contributed by atoms with Gasteiger partial charge in [-0.25, -0.2) is 4.79 Å². The fraction of sp³-hybridized carbons (Fsp3) is 0.400. The van der Waals surface area contributed by atoms with Crippen LogP contribution in [-0.2, 0) is 4.74 Å². The first-order chi connectivity index (χ1) is 9.15. The molecule has 1 aromatic heterocycles. The molecule has 0 unspecified atom stereocenters. The van der Waals surface area contributed by atoms with E-state index in [0.29, 0.717) is 11.3 Å². The highest BCUT2D eigenvalue weighted by atomic mass is 16.5. The second-order valence-electron chi connectivity index (χ2n) is 5.93. The van der Waals surface area contributed by atoms with Gasteiger partial charge in [0.05, 0.1) is 13.2 Å². The number of rotatable bonds is 2. The van der Waals surface area contributed by atoms with E-state index in [1.165, 1.54) is 18.4 Å². The monoisotopic (exact) mass is 257 g/mol. The third-order valence-electron chi connectivity index (χ3n) is 4.52. The van der Waals surface area contributed by atoms with Crippen molar-refractivity contribution in [3.63, 3.8) is 0 Å². The van der Waals surface area contributed by atoms with Crippen LogP contribution in [0.4, 0.5) is 0 Å². The van der Waals surface area contributed by atoms with Crippen molar-refractivity contribution >= 4 is 16.9 Å². The summed E-state index contributed by atoms with van der Waals surface area (Å²) in [5.74, 6) is -0.302. The number of aromatic carboxylic acids is 1. The van der Waals surface area contributed by atoms with Crippen LogP contribution >= 0.6 is 0 Å². The SMILES string of the molecule is O=C(O)c1cc2cc(C3CC4(COC4)C3)ccc2[nH]1. The maximum Gasteiger partial charge on any atom is 0.352 e. The van der Waals surface area contributed by atoms with Crippen molar-refractivity contribution in [2.75, 3.05) is 13.2 Å². The van der Waals surface area contributed by atoms with E-state index in [0.717, 1.165) is 24.1 Å². The Labute approximate surface area is 110 Å². The molecule has 0 bridgehead atoms. The predicted octanol–water partition coefficient (Wildman–Crippen LogP) is 2.76. The normalized spacial score (nSPS) is 21.3. The molecular formula is C15H15NO3. The van der Waals surface area contributed by atoms with Crippen LogP contribution in [0.15, 0.2) is 24.3 Å². The highest BCUT2D eigenvalue weighted by molar-refractivity contribution is 5.93. The first kappa shape index (κ1) is 11.1. The van der Waals surface area contributed by atoms with Gasteiger partial charge in [-0.1, -0.05) is 6.07 Å². The van der Waals surface area contributed by atoms with Crippen molar-refractivity contribution in [2.24, 2.45) is 5.41 Å². The van der Waals surface area contributed by atoms with Crippen molar-refractivity contribution in [3.8, 4) is 0 Å². The number of H-pyrrole nitrogens is 1. The summed E-state index contributed by atoms with van der Waals surface area (Å²) in [5, 5.41) is 9.97. The number of aromatic amines is 1. The average molecular weight is 257 g/mol. The van der Waals surface area contributed by atoms with Crippen molar-refractivity contribution < 1.29 is 14.6 Å². The molecule has 1 aromatic carbocycles. The molecule has 4 rings (SSSR count). The van der Waals surface area contributed by atoms with E-state index < -0.39 is 5.97 Å². The van der Waals surface area contributed by atoms with Gasteiger partial charge < -0.3 is 14.8 Å². The summed E-state index contributed by atoms with van der Waals surface area (Å²) in [7, 11) is 0. The molecule has 1 saturated heterocycles. The largest absolute Gasteiger partial charge is 0.477 e. The van der Waals surface area contributed by atoms with Crippen LogP contribution in [0.1, 0.15) is 34.8 Å². The van der Waals surface area contributed by atoms with Crippen LogP contribution in [0.2, 0.25) is 0 Å². The van der Waals surface area contributed by atoms with E-state index in [9.17, 15) is 4.79 Å². The van der Waals surface area contributed by atoms with E-state index in [-0.39, 0.29) is 5.69 Å². The van der Waals surface area contributed by atoms with Crippen molar-refractivity contribution in [1.82, 2.24) is 4.98 Å². The van der Waals surface area contributed by atoms with E-state index >= 15 is 0 Å². The number of nitrogens with one attached hydrogen (secondary N) is 1. The molecule has 0 radical (unpaired) electrons. The zero-order valence-electron chi connectivity index (χ0n) is 10.5. The molecule has 2 N–H and O–H groups in total. The zero-order chi connectivity index (χ0) is 13.0. The summed E-state index contributed by atoms with van der Waals surface area (Å²) >= 11 is 0. The fourth-order valence-electron chi connectivity index (χ4n) is 3.37. The number of aromatic nitrogens is 1. The Morgan fingerprint density at radius 3 is 2.74 bits per heavy atom. The molecule has 2 aromatic rings. The molecule has 0 amide bonds. The number of hydrogen-bond acceptors (Lipinski definition) is 2. The van der Waals surface area contributed by atoms with Crippen LogP contribution in [0.5, 0.6) is 0 Å². The van der Waals surface area contributed by atoms with Gasteiger partial charge in [-0.3, -0.25) is 0 Å². The van der Waals surface area contributed by atoms with Gasteiger partial charge in [-0.05, 0) is 42.5 Å². The third-order valence-corrected chi connectivity index (χ3v) is 4.52. The Balaban J connectivity index is 1.63. The minimum Gasteiger partial charge on any atom is -0.477 e. The fourth-order valence-corrected chi connectivity index (χ4v) is 3.37. The molecule has 2 heterocycles.